The summed E-state index contributed by atoms with van der Waals surface area (Å²) in [5.41, 5.74) is 6.79. The predicted molar refractivity (Wildman–Crippen MR) is 60.2 cm³/mol. The van der Waals surface area contributed by atoms with Crippen LogP contribution in [0.5, 0.6) is 0 Å². The van der Waals surface area contributed by atoms with Gasteiger partial charge in [0.2, 0.25) is 0 Å². The highest BCUT2D eigenvalue weighted by atomic mass is 15.2. The van der Waals surface area contributed by atoms with Gasteiger partial charge in [-0.05, 0) is 37.3 Å². The third-order valence-corrected chi connectivity index (χ3v) is 3.72. The highest BCUT2D eigenvalue weighted by Crippen LogP contribution is 2.37. The van der Waals surface area contributed by atoms with Crippen molar-refractivity contribution in [3.63, 3.8) is 0 Å². The van der Waals surface area contributed by atoms with E-state index in [0.29, 0.717) is 5.82 Å². The Labute approximate surface area is 90.3 Å². The van der Waals surface area contributed by atoms with Crippen molar-refractivity contribution in [3.8, 4) is 0 Å². The maximum Gasteiger partial charge on any atom is 0.123 e. The molecular formula is C12H17N3. The van der Waals surface area contributed by atoms with Gasteiger partial charge >= 0.3 is 0 Å². The normalized spacial score (nSPS) is 29.9. The fraction of sp³-hybridized carbons (Fsp3) is 0.583. The average Bonchev–Trinajstić information content (AvgIpc) is 2.79. The lowest BCUT2D eigenvalue weighted by Gasteiger charge is -2.26. The van der Waals surface area contributed by atoms with Gasteiger partial charge in [0.05, 0.1) is 5.69 Å². The average molecular weight is 203 g/mol. The van der Waals surface area contributed by atoms with Crippen molar-refractivity contribution in [2.75, 3.05) is 12.3 Å². The molecule has 1 saturated heterocycles. The minimum Gasteiger partial charge on any atom is -0.384 e. The van der Waals surface area contributed by atoms with E-state index in [2.05, 4.69) is 16.0 Å². The van der Waals surface area contributed by atoms with Gasteiger partial charge in [0, 0.05) is 19.1 Å². The lowest BCUT2D eigenvalue weighted by Crippen LogP contribution is -2.31. The second-order valence-corrected chi connectivity index (χ2v) is 4.82. The molecule has 2 bridgehead atoms. The molecule has 1 aliphatic heterocycles. The standard InChI is InChI=1S/C12H17N3/c13-12-3-1-2-10(14-12)8-15-7-9-4-5-11(15)6-9/h1-3,9,11H,4-8H2,(H2,13,14). The van der Waals surface area contributed by atoms with E-state index in [4.69, 9.17) is 5.73 Å². The van der Waals surface area contributed by atoms with E-state index in [1.807, 2.05) is 12.1 Å². The topological polar surface area (TPSA) is 42.1 Å². The molecule has 1 aromatic heterocycles. The van der Waals surface area contributed by atoms with Gasteiger partial charge in [-0.3, -0.25) is 4.90 Å². The zero-order chi connectivity index (χ0) is 10.3. The summed E-state index contributed by atoms with van der Waals surface area (Å²) in [6, 6.07) is 6.73. The Balaban J connectivity index is 1.71. The minimum absolute atomic E-state index is 0.636. The summed E-state index contributed by atoms with van der Waals surface area (Å²) in [4.78, 5) is 6.92. The molecule has 1 saturated carbocycles. The molecule has 2 unspecified atom stereocenters. The van der Waals surface area contributed by atoms with Gasteiger partial charge in [0.25, 0.3) is 0 Å². The fourth-order valence-corrected chi connectivity index (χ4v) is 3.01. The molecule has 2 aliphatic rings. The Kier molecular flexibility index (Phi) is 2.13. The predicted octanol–water partition coefficient (Wildman–Crippen LogP) is 1.65. The van der Waals surface area contributed by atoms with Crippen LogP contribution in [-0.2, 0) is 6.54 Å². The first-order valence-corrected chi connectivity index (χ1v) is 5.77. The number of nitrogens with two attached hydrogens (primary N) is 1. The third kappa shape index (κ3) is 1.72. The molecule has 0 aromatic carbocycles. The number of hydrogen-bond acceptors (Lipinski definition) is 3. The number of rotatable bonds is 2. The van der Waals surface area contributed by atoms with Gasteiger partial charge in [-0.15, -0.1) is 0 Å². The van der Waals surface area contributed by atoms with Crippen LogP contribution in [0.3, 0.4) is 0 Å². The Morgan fingerprint density at radius 2 is 2.33 bits per heavy atom. The maximum absolute atomic E-state index is 5.68. The smallest absolute Gasteiger partial charge is 0.123 e. The molecule has 15 heavy (non-hydrogen) atoms. The number of aromatic nitrogens is 1. The van der Waals surface area contributed by atoms with Crippen LogP contribution < -0.4 is 5.73 Å². The van der Waals surface area contributed by atoms with Crippen molar-refractivity contribution in [1.82, 2.24) is 9.88 Å². The monoisotopic (exact) mass is 203 g/mol. The van der Waals surface area contributed by atoms with Crippen LogP contribution in [0.1, 0.15) is 25.0 Å². The first-order chi connectivity index (χ1) is 7.31. The quantitative estimate of drug-likeness (QED) is 0.794. The zero-order valence-corrected chi connectivity index (χ0v) is 8.89. The molecule has 1 aliphatic carbocycles. The first-order valence-electron chi connectivity index (χ1n) is 5.77. The van der Waals surface area contributed by atoms with E-state index >= 15 is 0 Å². The molecule has 1 aromatic rings. The van der Waals surface area contributed by atoms with Crippen LogP contribution in [0.2, 0.25) is 0 Å². The SMILES string of the molecule is Nc1cccc(CN2CC3CCC2C3)n1. The van der Waals surface area contributed by atoms with Crippen LogP contribution in [-0.4, -0.2) is 22.5 Å². The van der Waals surface area contributed by atoms with Crippen LogP contribution in [0.4, 0.5) is 5.82 Å². The fourth-order valence-electron chi connectivity index (χ4n) is 3.01. The number of piperidine rings is 1. The molecule has 3 rings (SSSR count). The van der Waals surface area contributed by atoms with Gasteiger partial charge in [-0.25, -0.2) is 4.98 Å². The van der Waals surface area contributed by atoms with E-state index < -0.39 is 0 Å². The molecule has 2 heterocycles. The lowest BCUT2D eigenvalue weighted by atomic mass is 10.1. The van der Waals surface area contributed by atoms with E-state index in [9.17, 15) is 0 Å². The van der Waals surface area contributed by atoms with E-state index in [0.717, 1.165) is 24.2 Å². The summed E-state index contributed by atoms with van der Waals surface area (Å²) >= 11 is 0. The zero-order valence-electron chi connectivity index (χ0n) is 8.89. The molecule has 2 atom stereocenters. The first kappa shape index (κ1) is 9.16. The summed E-state index contributed by atoms with van der Waals surface area (Å²) in [5.74, 6) is 1.59. The second kappa shape index (κ2) is 3.49. The number of fused-ring (bicyclic) bond motifs is 2. The molecule has 0 amide bonds. The van der Waals surface area contributed by atoms with Gasteiger partial charge < -0.3 is 5.73 Å². The van der Waals surface area contributed by atoms with Crippen molar-refractivity contribution >= 4 is 5.82 Å². The Morgan fingerprint density at radius 3 is 3.00 bits per heavy atom. The Morgan fingerprint density at radius 1 is 1.40 bits per heavy atom. The summed E-state index contributed by atoms with van der Waals surface area (Å²) in [6.07, 6.45) is 4.22. The molecule has 80 valence electrons. The number of hydrogen-bond donors (Lipinski definition) is 1. The summed E-state index contributed by atoms with van der Waals surface area (Å²) in [7, 11) is 0. The van der Waals surface area contributed by atoms with E-state index in [-0.39, 0.29) is 0 Å². The van der Waals surface area contributed by atoms with Crippen LogP contribution >= 0.6 is 0 Å². The highest BCUT2D eigenvalue weighted by molar-refractivity contribution is 5.28. The lowest BCUT2D eigenvalue weighted by molar-refractivity contribution is 0.203. The van der Waals surface area contributed by atoms with E-state index in [1.54, 1.807) is 0 Å². The van der Waals surface area contributed by atoms with Crippen molar-refractivity contribution in [2.24, 2.45) is 5.92 Å². The maximum atomic E-state index is 5.68. The number of anilines is 1. The highest BCUT2D eigenvalue weighted by Gasteiger charge is 2.37. The van der Waals surface area contributed by atoms with Gasteiger partial charge in [-0.2, -0.15) is 0 Å². The molecule has 2 N–H and O–H groups in total. The Hall–Kier alpha value is -1.09. The molecule has 0 spiro atoms. The van der Waals surface area contributed by atoms with Crippen LogP contribution in [0.25, 0.3) is 0 Å². The minimum atomic E-state index is 0.636. The van der Waals surface area contributed by atoms with Crippen molar-refractivity contribution in [1.29, 1.82) is 0 Å². The van der Waals surface area contributed by atoms with Crippen molar-refractivity contribution in [3.05, 3.63) is 23.9 Å². The van der Waals surface area contributed by atoms with Crippen molar-refractivity contribution in [2.45, 2.75) is 31.8 Å². The molecule has 3 heteroatoms. The van der Waals surface area contributed by atoms with Crippen LogP contribution in [0, 0.1) is 5.92 Å². The number of nitrogen functional groups attached to an aromatic ring is 1. The Bertz CT molecular complexity index is 364. The second-order valence-electron chi connectivity index (χ2n) is 4.82. The molecular weight excluding hydrogens is 186 g/mol. The van der Waals surface area contributed by atoms with Gasteiger partial charge in [0.1, 0.15) is 5.82 Å². The molecule has 2 fully saturated rings. The summed E-state index contributed by atoms with van der Waals surface area (Å²) in [6.45, 7) is 2.24. The van der Waals surface area contributed by atoms with E-state index in [1.165, 1.54) is 25.8 Å². The summed E-state index contributed by atoms with van der Waals surface area (Å²) < 4.78 is 0. The van der Waals surface area contributed by atoms with Crippen molar-refractivity contribution < 1.29 is 0 Å². The van der Waals surface area contributed by atoms with Gasteiger partial charge in [0.15, 0.2) is 0 Å². The molecule has 3 nitrogen and oxygen atoms in total. The number of nitrogens with zero attached hydrogens (tertiary/aromatic N) is 2. The largest absolute Gasteiger partial charge is 0.384 e. The van der Waals surface area contributed by atoms with Gasteiger partial charge in [-0.1, -0.05) is 6.07 Å². The number of pyridine rings is 1. The number of likely N-dealkylation sites (tertiary alicyclic amines) is 1. The van der Waals surface area contributed by atoms with Crippen LogP contribution in [0.15, 0.2) is 18.2 Å². The third-order valence-electron chi connectivity index (χ3n) is 3.72. The molecule has 0 radical (unpaired) electrons. The summed E-state index contributed by atoms with van der Waals surface area (Å²) in [5, 5.41) is 0.